The molecule has 2 unspecified atom stereocenters. The molecule has 4 aliphatic carbocycles. The van der Waals surface area contributed by atoms with E-state index in [9.17, 15) is 9.90 Å². The second-order valence-corrected chi connectivity index (χ2v) is 14.3. The zero-order valence-electron chi connectivity index (χ0n) is 25.6. The molecule has 0 radical (unpaired) electrons. The van der Waals surface area contributed by atoms with Gasteiger partial charge in [-0.3, -0.25) is 4.90 Å². The summed E-state index contributed by atoms with van der Waals surface area (Å²) in [7, 11) is 3.61. The fourth-order valence-electron chi connectivity index (χ4n) is 8.97. The van der Waals surface area contributed by atoms with Crippen LogP contribution in [0.2, 0.25) is 0 Å². The van der Waals surface area contributed by atoms with Crippen LogP contribution in [0.1, 0.15) is 112 Å². The number of carbonyl (C=O) groups is 1. The Morgan fingerprint density at radius 2 is 1.74 bits per heavy atom. The zero-order valence-corrected chi connectivity index (χ0v) is 26.4. The number of amides is 1. The van der Waals surface area contributed by atoms with E-state index in [1.807, 2.05) is 0 Å². The maximum absolute atomic E-state index is 10.2. The number of rotatable bonds is 7. The Balaban J connectivity index is 0.000000439. The van der Waals surface area contributed by atoms with Crippen LogP contribution in [0.4, 0.5) is 4.79 Å². The average molecular weight is 555 g/mol. The standard InChI is InChI=1S/C27H46O.C5H12N2O2.ClH/c1-18(2)7-6-8-19(3)23-11-12-24-22-10-9-20-17-21(28)13-15-26(20,4)25(22)14-16-27(23,24)5;1-4(7(2)3)6-5(8)9;/h9,18-19,21-25,28H,6-8,10-17H2,1-5H3;4,6H,1-3H3,(H,8,9);1H/t19?,21-,22-,23+,24-,25-,26-,27+;;/m0../s1. The van der Waals surface area contributed by atoms with E-state index in [2.05, 4.69) is 46.0 Å². The van der Waals surface area contributed by atoms with Crippen molar-refractivity contribution in [1.29, 1.82) is 0 Å². The number of nitrogens with one attached hydrogen (secondary N) is 1. The van der Waals surface area contributed by atoms with E-state index in [1.54, 1.807) is 31.5 Å². The molecule has 0 saturated heterocycles. The minimum atomic E-state index is -0.990. The number of hydrogen-bond donors (Lipinski definition) is 3. The van der Waals surface area contributed by atoms with Gasteiger partial charge >= 0.3 is 6.09 Å². The molecule has 0 bridgehead atoms. The van der Waals surface area contributed by atoms with Gasteiger partial charge in [0.15, 0.2) is 0 Å². The van der Waals surface area contributed by atoms with E-state index in [0.29, 0.717) is 10.8 Å². The van der Waals surface area contributed by atoms with Gasteiger partial charge in [-0.1, -0.05) is 65.5 Å². The topological polar surface area (TPSA) is 72.8 Å². The lowest BCUT2D eigenvalue weighted by molar-refractivity contribution is -0.0573. The first-order valence-electron chi connectivity index (χ1n) is 15.3. The van der Waals surface area contributed by atoms with Crippen LogP contribution in [-0.2, 0) is 0 Å². The molecule has 0 aromatic heterocycles. The molecule has 1 amide bonds. The number of fused-ring (bicyclic) bond motifs is 5. The predicted molar refractivity (Wildman–Crippen MR) is 161 cm³/mol. The van der Waals surface area contributed by atoms with Gasteiger partial charge in [-0.05, 0) is 119 Å². The van der Waals surface area contributed by atoms with Crippen LogP contribution in [0.3, 0.4) is 0 Å². The summed E-state index contributed by atoms with van der Waals surface area (Å²) in [5.74, 6) is 5.46. The molecule has 0 aliphatic heterocycles. The molecule has 9 atom stereocenters. The van der Waals surface area contributed by atoms with Crippen molar-refractivity contribution in [3.8, 4) is 0 Å². The summed E-state index contributed by atoms with van der Waals surface area (Å²) in [4.78, 5) is 11.7. The molecule has 0 spiro atoms. The summed E-state index contributed by atoms with van der Waals surface area (Å²) < 4.78 is 0. The molecule has 3 N–H and O–H groups in total. The summed E-state index contributed by atoms with van der Waals surface area (Å²) in [6.45, 7) is 14.3. The number of aliphatic hydroxyl groups excluding tert-OH is 1. The number of allylic oxidation sites excluding steroid dienone is 1. The van der Waals surface area contributed by atoms with Gasteiger partial charge in [0.1, 0.15) is 0 Å². The van der Waals surface area contributed by atoms with E-state index in [4.69, 9.17) is 5.11 Å². The monoisotopic (exact) mass is 554 g/mol. The van der Waals surface area contributed by atoms with Crippen LogP contribution in [0.25, 0.3) is 0 Å². The highest BCUT2D eigenvalue weighted by Crippen LogP contribution is 2.67. The van der Waals surface area contributed by atoms with Crippen molar-refractivity contribution in [2.45, 2.75) is 124 Å². The van der Waals surface area contributed by atoms with Crippen LogP contribution >= 0.6 is 12.4 Å². The largest absolute Gasteiger partial charge is 0.465 e. The maximum atomic E-state index is 10.2. The van der Waals surface area contributed by atoms with Crippen LogP contribution in [0, 0.1) is 46.3 Å². The molecule has 6 heteroatoms. The highest BCUT2D eigenvalue weighted by molar-refractivity contribution is 5.85. The fraction of sp³-hybridized carbons (Fsp3) is 0.906. The minimum Gasteiger partial charge on any atom is -0.465 e. The van der Waals surface area contributed by atoms with Gasteiger partial charge in [-0.15, -0.1) is 12.4 Å². The molecule has 222 valence electrons. The minimum absolute atomic E-state index is 0. The predicted octanol–water partition coefficient (Wildman–Crippen LogP) is 7.97. The number of halogens is 1. The lowest BCUT2D eigenvalue weighted by atomic mass is 9.47. The van der Waals surface area contributed by atoms with Gasteiger partial charge in [-0.2, -0.15) is 0 Å². The first kappa shape index (κ1) is 33.4. The molecule has 38 heavy (non-hydrogen) atoms. The summed E-state index contributed by atoms with van der Waals surface area (Å²) in [6, 6.07) is 0. The summed E-state index contributed by atoms with van der Waals surface area (Å²) in [6.07, 6.45) is 16.0. The Kier molecular flexibility index (Phi) is 12.1. The Bertz CT molecular complexity index is 802. The van der Waals surface area contributed by atoms with Crippen molar-refractivity contribution < 1.29 is 15.0 Å². The molecule has 3 fully saturated rings. The number of aliphatic hydroxyl groups is 1. The highest BCUT2D eigenvalue weighted by atomic mass is 35.5. The lowest BCUT2D eigenvalue weighted by Gasteiger charge is -2.58. The van der Waals surface area contributed by atoms with Crippen molar-refractivity contribution in [3.63, 3.8) is 0 Å². The Hall–Kier alpha value is -0.780. The lowest BCUT2D eigenvalue weighted by Crippen LogP contribution is -2.50. The first-order valence-corrected chi connectivity index (χ1v) is 15.3. The number of carboxylic acid groups (broad SMARTS) is 1. The van der Waals surface area contributed by atoms with Crippen LogP contribution in [-0.4, -0.2) is 47.6 Å². The Morgan fingerprint density at radius 1 is 1.05 bits per heavy atom. The second-order valence-electron chi connectivity index (χ2n) is 14.3. The van der Waals surface area contributed by atoms with Gasteiger partial charge in [0.2, 0.25) is 0 Å². The van der Waals surface area contributed by atoms with Crippen LogP contribution in [0.5, 0.6) is 0 Å². The fourth-order valence-corrected chi connectivity index (χ4v) is 8.97. The van der Waals surface area contributed by atoms with E-state index in [1.165, 1.54) is 57.8 Å². The average Bonchev–Trinajstić information content (AvgIpc) is 3.16. The molecule has 4 aliphatic rings. The van der Waals surface area contributed by atoms with Gasteiger partial charge in [-0.25, -0.2) is 4.79 Å². The summed E-state index contributed by atoms with van der Waals surface area (Å²) in [5, 5.41) is 20.7. The molecule has 0 aromatic carbocycles. The quantitative estimate of drug-likeness (QED) is 0.220. The van der Waals surface area contributed by atoms with Gasteiger partial charge in [0, 0.05) is 0 Å². The summed E-state index contributed by atoms with van der Waals surface area (Å²) >= 11 is 0. The maximum Gasteiger partial charge on any atom is 0.405 e. The molecular weight excluding hydrogens is 496 g/mol. The normalized spacial score (nSPS) is 37.4. The third kappa shape index (κ3) is 7.29. The van der Waals surface area contributed by atoms with Crippen LogP contribution < -0.4 is 5.32 Å². The third-order valence-corrected chi connectivity index (χ3v) is 11.4. The van der Waals surface area contributed by atoms with Gasteiger partial charge in [0.05, 0.1) is 12.3 Å². The zero-order chi connectivity index (χ0) is 27.5. The van der Waals surface area contributed by atoms with Crippen molar-refractivity contribution in [2.24, 2.45) is 46.3 Å². The Labute approximate surface area is 240 Å². The van der Waals surface area contributed by atoms with E-state index in [0.717, 1.165) is 48.3 Å². The SMILES string of the molecule is CC(C)CCCC(C)[C@H]1CC[C@H]2[C@@H]3CC=C4C[C@@H](O)CC[C@]4(C)[C@H]3CC[C@]12C.CC(NC(=O)O)N(C)C.Cl. The van der Waals surface area contributed by atoms with E-state index < -0.39 is 6.09 Å². The van der Waals surface area contributed by atoms with Crippen molar-refractivity contribution >= 4 is 18.5 Å². The third-order valence-electron chi connectivity index (χ3n) is 11.4. The molecule has 4 rings (SSSR count). The smallest absolute Gasteiger partial charge is 0.405 e. The summed E-state index contributed by atoms with van der Waals surface area (Å²) in [5.41, 5.74) is 2.60. The first-order chi connectivity index (χ1) is 17.3. The molecule has 0 aromatic rings. The van der Waals surface area contributed by atoms with E-state index >= 15 is 0 Å². The molecular formula is C32H59ClN2O3. The van der Waals surface area contributed by atoms with Gasteiger partial charge < -0.3 is 15.5 Å². The Morgan fingerprint density at radius 3 is 2.32 bits per heavy atom. The number of hydrogen-bond acceptors (Lipinski definition) is 3. The van der Waals surface area contributed by atoms with Crippen LogP contribution in [0.15, 0.2) is 11.6 Å². The molecule has 0 heterocycles. The highest BCUT2D eigenvalue weighted by Gasteiger charge is 2.59. The molecule has 3 saturated carbocycles. The second kappa shape index (κ2) is 13.7. The van der Waals surface area contributed by atoms with Crippen molar-refractivity contribution in [1.82, 2.24) is 10.2 Å². The van der Waals surface area contributed by atoms with E-state index in [-0.39, 0.29) is 24.7 Å². The van der Waals surface area contributed by atoms with Crippen molar-refractivity contribution in [3.05, 3.63) is 11.6 Å². The van der Waals surface area contributed by atoms with Crippen molar-refractivity contribution in [2.75, 3.05) is 14.1 Å². The molecule has 5 nitrogen and oxygen atoms in total. The number of nitrogens with zero attached hydrogens (tertiary/aromatic N) is 1. The van der Waals surface area contributed by atoms with Gasteiger partial charge in [0.25, 0.3) is 0 Å².